The van der Waals surface area contributed by atoms with Gasteiger partial charge in [-0.15, -0.1) is 0 Å². The van der Waals surface area contributed by atoms with Crippen molar-refractivity contribution in [2.75, 3.05) is 32.7 Å². The molecule has 0 amide bonds. The van der Waals surface area contributed by atoms with Gasteiger partial charge in [0.2, 0.25) is 10.0 Å². The zero-order valence-electron chi connectivity index (χ0n) is 12.4. The summed E-state index contributed by atoms with van der Waals surface area (Å²) in [6.07, 6.45) is 4.23. The monoisotopic (exact) mass is 313 g/mol. The van der Waals surface area contributed by atoms with Gasteiger partial charge in [-0.1, -0.05) is 0 Å². The molecule has 7 heteroatoms. The van der Waals surface area contributed by atoms with Crippen LogP contribution in [0.15, 0.2) is 17.2 Å². The quantitative estimate of drug-likeness (QED) is 0.845. The van der Waals surface area contributed by atoms with Crippen molar-refractivity contribution in [3.63, 3.8) is 0 Å². The molecule has 21 heavy (non-hydrogen) atoms. The standard InChI is InChI=1S/C14H23N3O3S/c1-15-10-14(8-13(15)11-18)21(19,20)17-6-4-16(5-7-17)9-12-2-3-12/h8,10,12,18H,2-7,9,11H2,1H3. The number of nitrogens with zero attached hydrogens (tertiary/aromatic N) is 3. The Morgan fingerprint density at radius 1 is 1.24 bits per heavy atom. The lowest BCUT2D eigenvalue weighted by atomic mass is 10.3. The van der Waals surface area contributed by atoms with Crippen molar-refractivity contribution < 1.29 is 13.5 Å². The molecule has 1 saturated carbocycles. The molecule has 1 saturated heterocycles. The summed E-state index contributed by atoms with van der Waals surface area (Å²) in [7, 11) is -1.69. The van der Waals surface area contributed by atoms with Crippen LogP contribution in [-0.4, -0.2) is 60.0 Å². The molecular weight excluding hydrogens is 290 g/mol. The molecule has 0 radical (unpaired) electrons. The molecule has 118 valence electrons. The molecule has 3 rings (SSSR count). The van der Waals surface area contributed by atoms with Gasteiger partial charge in [0.25, 0.3) is 0 Å². The Kier molecular flexibility index (Phi) is 4.09. The molecule has 1 aromatic rings. The number of aromatic nitrogens is 1. The topological polar surface area (TPSA) is 65.8 Å². The first-order valence-electron chi connectivity index (χ1n) is 7.49. The number of rotatable bonds is 5. The number of aliphatic hydroxyl groups is 1. The third kappa shape index (κ3) is 3.15. The van der Waals surface area contributed by atoms with E-state index in [1.807, 2.05) is 0 Å². The van der Waals surface area contributed by atoms with Crippen LogP contribution in [0.25, 0.3) is 0 Å². The maximum atomic E-state index is 12.6. The highest BCUT2D eigenvalue weighted by Crippen LogP contribution is 2.30. The maximum absolute atomic E-state index is 12.6. The third-order valence-electron chi connectivity index (χ3n) is 4.43. The Hall–Kier alpha value is -0.890. The van der Waals surface area contributed by atoms with Crippen molar-refractivity contribution in [3.8, 4) is 0 Å². The minimum atomic E-state index is -3.44. The Labute approximate surface area is 126 Å². The molecule has 2 fully saturated rings. The van der Waals surface area contributed by atoms with Gasteiger partial charge in [0, 0.05) is 51.7 Å². The molecule has 6 nitrogen and oxygen atoms in total. The predicted molar refractivity (Wildman–Crippen MR) is 79.3 cm³/mol. The van der Waals surface area contributed by atoms with Crippen LogP contribution >= 0.6 is 0 Å². The first kappa shape index (κ1) is 15.0. The van der Waals surface area contributed by atoms with Gasteiger partial charge < -0.3 is 14.6 Å². The van der Waals surface area contributed by atoms with Crippen LogP contribution in [0.1, 0.15) is 18.5 Å². The number of hydrogen-bond donors (Lipinski definition) is 1. The highest BCUT2D eigenvalue weighted by atomic mass is 32.2. The Balaban J connectivity index is 1.67. The van der Waals surface area contributed by atoms with Crippen LogP contribution in [0.4, 0.5) is 0 Å². The van der Waals surface area contributed by atoms with Gasteiger partial charge in [-0.25, -0.2) is 8.42 Å². The highest BCUT2D eigenvalue weighted by molar-refractivity contribution is 7.89. The van der Waals surface area contributed by atoms with Crippen molar-refractivity contribution in [2.24, 2.45) is 13.0 Å². The first-order chi connectivity index (χ1) is 10.0. The van der Waals surface area contributed by atoms with E-state index in [9.17, 15) is 13.5 Å². The summed E-state index contributed by atoms with van der Waals surface area (Å²) in [6, 6.07) is 1.56. The van der Waals surface area contributed by atoms with Crippen molar-refractivity contribution in [1.82, 2.24) is 13.8 Å². The summed E-state index contributed by atoms with van der Waals surface area (Å²) in [6.45, 7) is 3.71. The van der Waals surface area contributed by atoms with Gasteiger partial charge in [0.15, 0.2) is 0 Å². The zero-order valence-corrected chi connectivity index (χ0v) is 13.2. The molecule has 0 spiro atoms. The number of aryl methyl sites for hydroxylation is 1. The summed E-state index contributed by atoms with van der Waals surface area (Å²) in [5.41, 5.74) is 0.612. The number of aliphatic hydroxyl groups excluding tert-OH is 1. The lowest BCUT2D eigenvalue weighted by Crippen LogP contribution is -2.48. The van der Waals surface area contributed by atoms with Crippen LogP contribution in [0.5, 0.6) is 0 Å². The van der Waals surface area contributed by atoms with Gasteiger partial charge in [-0.2, -0.15) is 4.31 Å². The van der Waals surface area contributed by atoms with Crippen molar-refractivity contribution in [1.29, 1.82) is 0 Å². The third-order valence-corrected chi connectivity index (χ3v) is 6.29. The molecular formula is C14H23N3O3S. The normalized spacial score (nSPS) is 21.8. The first-order valence-corrected chi connectivity index (χ1v) is 8.93. The average Bonchev–Trinajstić information content (AvgIpc) is 3.19. The second kappa shape index (κ2) is 5.72. The summed E-state index contributed by atoms with van der Waals surface area (Å²) < 4.78 is 28.5. The Morgan fingerprint density at radius 2 is 1.90 bits per heavy atom. The van der Waals surface area contributed by atoms with Gasteiger partial charge in [-0.3, -0.25) is 0 Å². The lowest BCUT2D eigenvalue weighted by molar-refractivity contribution is 0.182. The van der Waals surface area contributed by atoms with E-state index in [0.29, 0.717) is 18.8 Å². The minimum absolute atomic E-state index is 0.152. The molecule has 1 aliphatic carbocycles. The average molecular weight is 313 g/mol. The van der Waals surface area contributed by atoms with Gasteiger partial charge in [0.1, 0.15) is 4.90 Å². The molecule has 0 bridgehead atoms. The SMILES string of the molecule is Cn1cc(S(=O)(=O)N2CCN(CC3CC3)CC2)cc1CO. The fraction of sp³-hybridized carbons (Fsp3) is 0.714. The van der Waals surface area contributed by atoms with E-state index in [1.165, 1.54) is 12.8 Å². The molecule has 0 atom stereocenters. The summed E-state index contributed by atoms with van der Waals surface area (Å²) >= 11 is 0. The van der Waals surface area contributed by atoms with Crippen molar-refractivity contribution >= 4 is 10.0 Å². The van der Waals surface area contributed by atoms with Crippen LogP contribution in [0, 0.1) is 5.92 Å². The van der Waals surface area contributed by atoms with E-state index in [2.05, 4.69) is 4.90 Å². The largest absolute Gasteiger partial charge is 0.390 e. The number of hydrogen-bond acceptors (Lipinski definition) is 4. The minimum Gasteiger partial charge on any atom is -0.390 e. The summed E-state index contributed by atoms with van der Waals surface area (Å²) in [5, 5.41) is 9.20. The van der Waals surface area contributed by atoms with Gasteiger partial charge >= 0.3 is 0 Å². The predicted octanol–water partition coefficient (Wildman–Crippen LogP) is 0.234. The molecule has 1 aromatic heterocycles. The molecule has 0 aromatic carbocycles. The number of sulfonamides is 1. The second-order valence-electron chi connectivity index (χ2n) is 6.08. The van der Waals surface area contributed by atoms with E-state index in [0.717, 1.165) is 25.6 Å². The zero-order chi connectivity index (χ0) is 15.0. The van der Waals surface area contributed by atoms with Crippen LogP contribution in [-0.2, 0) is 23.7 Å². The van der Waals surface area contributed by atoms with E-state index >= 15 is 0 Å². The van der Waals surface area contributed by atoms with Crippen LogP contribution in [0.3, 0.4) is 0 Å². The summed E-state index contributed by atoms with van der Waals surface area (Å²) in [5.74, 6) is 0.842. The van der Waals surface area contributed by atoms with Gasteiger partial charge in [0.05, 0.1) is 6.61 Å². The fourth-order valence-corrected chi connectivity index (χ4v) is 4.36. The summed E-state index contributed by atoms with van der Waals surface area (Å²) in [4.78, 5) is 2.65. The molecule has 2 aliphatic rings. The van der Waals surface area contributed by atoms with E-state index in [1.54, 1.807) is 28.2 Å². The molecule has 2 heterocycles. The Bertz CT molecular complexity index is 599. The van der Waals surface area contributed by atoms with Crippen molar-refractivity contribution in [3.05, 3.63) is 18.0 Å². The van der Waals surface area contributed by atoms with Crippen LogP contribution < -0.4 is 0 Å². The lowest BCUT2D eigenvalue weighted by Gasteiger charge is -2.33. The maximum Gasteiger partial charge on any atom is 0.244 e. The fourth-order valence-electron chi connectivity index (χ4n) is 2.84. The highest BCUT2D eigenvalue weighted by Gasteiger charge is 2.31. The van der Waals surface area contributed by atoms with Crippen molar-refractivity contribution in [2.45, 2.75) is 24.3 Å². The molecule has 1 aliphatic heterocycles. The molecule has 1 N–H and O–H groups in total. The van der Waals surface area contributed by atoms with Gasteiger partial charge in [-0.05, 0) is 24.8 Å². The second-order valence-corrected chi connectivity index (χ2v) is 8.02. The van der Waals surface area contributed by atoms with E-state index < -0.39 is 10.0 Å². The number of piperazine rings is 1. The van der Waals surface area contributed by atoms with E-state index in [-0.39, 0.29) is 11.5 Å². The smallest absolute Gasteiger partial charge is 0.244 e. The van der Waals surface area contributed by atoms with Crippen LogP contribution in [0.2, 0.25) is 0 Å². The van der Waals surface area contributed by atoms with E-state index in [4.69, 9.17) is 0 Å². The molecule has 0 unspecified atom stereocenters. The Morgan fingerprint density at radius 3 is 2.43 bits per heavy atom.